The molecule has 1 nitrogen and oxygen atoms in total. The zero-order chi connectivity index (χ0) is 12.3. The summed E-state index contributed by atoms with van der Waals surface area (Å²) in [4.78, 5) is 0.893. The maximum absolute atomic E-state index is 8.78. The van der Waals surface area contributed by atoms with E-state index in [9.17, 15) is 0 Å². The first-order chi connectivity index (χ1) is 8.16. The lowest BCUT2D eigenvalue weighted by molar-refractivity contribution is 1.13. The Hall–Kier alpha value is -0.850. The standard InChI is InChI=1S/C13H13NS2/c1-10-13(16-8-2-7-15-10)12-5-3-11(9-14)4-6-12/h3-6,13H,1-2,7-8H2/i13D. The van der Waals surface area contributed by atoms with E-state index in [2.05, 4.69) is 12.6 Å². The Labute approximate surface area is 106 Å². The van der Waals surface area contributed by atoms with Gasteiger partial charge in [0.15, 0.2) is 0 Å². The Bertz CT molecular complexity index is 463. The topological polar surface area (TPSA) is 23.8 Å². The Morgan fingerprint density at radius 2 is 2.12 bits per heavy atom. The van der Waals surface area contributed by atoms with E-state index in [0.717, 1.165) is 28.4 Å². The molecule has 1 heterocycles. The van der Waals surface area contributed by atoms with Crippen molar-refractivity contribution in [3.8, 4) is 6.07 Å². The van der Waals surface area contributed by atoms with E-state index in [1.54, 1.807) is 35.7 Å². The van der Waals surface area contributed by atoms with Gasteiger partial charge in [0.25, 0.3) is 0 Å². The smallest absolute Gasteiger partial charge is 0.0991 e. The van der Waals surface area contributed by atoms with E-state index < -0.39 is 5.23 Å². The molecule has 1 aliphatic heterocycles. The highest BCUT2D eigenvalue weighted by atomic mass is 32.2. The molecular weight excluding hydrogens is 234 g/mol. The van der Waals surface area contributed by atoms with Crippen LogP contribution in [0.25, 0.3) is 0 Å². The molecule has 1 unspecified atom stereocenters. The third-order valence-electron chi connectivity index (χ3n) is 2.34. The van der Waals surface area contributed by atoms with Crippen LogP contribution >= 0.6 is 23.5 Å². The zero-order valence-corrected chi connectivity index (χ0v) is 10.5. The summed E-state index contributed by atoms with van der Waals surface area (Å²) in [6, 6.07) is 9.38. The minimum Gasteiger partial charge on any atom is -0.192 e. The van der Waals surface area contributed by atoms with Crippen molar-refractivity contribution in [2.45, 2.75) is 11.6 Å². The average Bonchev–Trinajstić information content (AvgIpc) is 2.53. The second-order valence-electron chi connectivity index (χ2n) is 3.49. The van der Waals surface area contributed by atoms with Crippen molar-refractivity contribution in [1.29, 1.82) is 5.26 Å². The minimum absolute atomic E-state index is 0.634. The van der Waals surface area contributed by atoms with E-state index in [0.29, 0.717) is 5.56 Å². The summed E-state index contributed by atoms with van der Waals surface area (Å²) in [7, 11) is 0. The predicted molar refractivity (Wildman–Crippen MR) is 72.6 cm³/mol. The maximum atomic E-state index is 8.78. The van der Waals surface area contributed by atoms with Gasteiger partial charge in [-0.25, -0.2) is 0 Å². The molecule has 3 heteroatoms. The summed E-state index contributed by atoms with van der Waals surface area (Å²) in [6.07, 6.45) is 1.12. The summed E-state index contributed by atoms with van der Waals surface area (Å²) in [5.41, 5.74) is 1.55. The van der Waals surface area contributed by atoms with Gasteiger partial charge < -0.3 is 0 Å². The average molecular weight is 248 g/mol. The van der Waals surface area contributed by atoms with Gasteiger partial charge in [-0.3, -0.25) is 0 Å². The fraction of sp³-hybridized carbons (Fsp3) is 0.308. The summed E-state index contributed by atoms with van der Waals surface area (Å²) in [5.74, 6) is 2.03. The molecule has 2 rings (SSSR count). The zero-order valence-electron chi connectivity index (χ0n) is 9.90. The van der Waals surface area contributed by atoms with Gasteiger partial charge in [0.1, 0.15) is 0 Å². The number of hydrogen-bond donors (Lipinski definition) is 0. The van der Waals surface area contributed by atoms with Gasteiger partial charge in [0, 0.05) is 0 Å². The van der Waals surface area contributed by atoms with Crippen LogP contribution in [-0.4, -0.2) is 11.5 Å². The molecule has 1 aromatic carbocycles. The van der Waals surface area contributed by atoms with Gasteiger partial charge in [-0.2, -0.15) is 5.26 Å². The van der Waals surface area contributed by atoms with E-state index >= 15 is 0 Å². The van der Waals surface area contributed by atoms with E-state index in [1.807, 2.05) is 12.1 Å². The molecule has 1 saturated heterocycles. The quantitative estimate of drug-likeness (QED) is 0.751. The van der Waals surface area contributed by atoms with Crippen LogP contribution in [0.4, 0.5) is 0 Å². The minimum atomic E-state index is -0.769. The SMILES string of the molecule is [2H]C1(c2ccc(C#N)cc2)SCCCSC1=C. The van der Waals surface area contributed by atoms with Crippen molar-refractivity contribution >= 4 is 23.5 Å². The van der Waals surface area contributed by atoms with Crippen molar-refractivity contribution in [2.75, 3.05) is 11.5 Å². The summed E-state index contributed by atoms with van der Waals surface area (Å²) in [6.45, 7) is 4.04. The second-order valence-corrected chi connectivity index (χ2v) is 5.79. The van der Waals surface area contributed by atoms with E-state index in [4.69, 9.17) is 6.63 Å². The van der Waals surface area contributed by atoms with E-state index in [1.165, 1.54) is 0 Å². The Morgan fingerprint density at radius 1 is 1.38 bits per heavy atom. The molecule has 0 saturated carbocycles. The third-order valence-corrected chi connectivity index (χ3v) is 4.78. The molecule has 0 aromatic heterocycles. The normalized spacial score (nSPS) is 26.7. The first kappa shape index (κ1) is 10.3. The van der Waals surface area contributed by atoms with Crippen molar-refractivity contribution in [3.05, 3.63) is 46.9 Å². The molecule has 0 radical (unpaired) electrons. The fourth-order valence-corrected chi connectivity index (χ4v) is 3.79. The largest absolute Gasteiger partial charge is 0.192 e. The Morgan fingerprint density at radius 3 is 2.81 bits per heavy atom. The molecule has 1 aliphatic rings. The van der Waals surface area contributed by atoms with Gasteiger partial charge in [-0.15, -0.1) is 23.5 Å². The number of hydrogen-bond acceptors (Lipinski definition) is 3. The fourth-order valence-electron chi connectivity index (χ4n) is 1.52. The number of nitriles is 1. The van der Waals surface area contributed by atoms with Crippen LogP contribution in [-0.2, 0) is 0 Å². The molecule has 0 N–H and O–H groups in total. The molecule has 16 heavy (non-hydrogen) atoms. The van der Waals surface area contributed by atoms with Crippen molar-refractivity contribution in [3.63, 3.8) is 0 Å². The molecule has 1 aromatic rings. The van der Waals surface area contributed by atoms with Crippen LogP contribution < -0.4 is 0 Å². The highest BCUT2D eigenvalue weighted by molar-refractivity contribution is 8.06. The molecule has 1 fully saturated rings. The second kappa shape index (κ2) is 5.47. The van der Waals surface area contributed by atoms with Gasteiger partial charge in [0.05, 0.1) is 18.2 Å². The third kappa shape index (κ3) is 2.63. The molecule has 0 spiro atoms. The monoisotopic (exact) mass is 248 g/mol. The predicted octanol–water partition coefficient (Wildman–Crippen LogP) is 3.98. The highest BCUT2D eigenvalue weighted by Crippen LogP contribution is 2.43. The lowest BCUT2D eigenvalue weighted by atomic mass is 10.1. The molecule has 0 aliphatic carbocycles. The number of nitrogens with zero attached hydrogens (tertiary/aromatic N) is 1. The lowest BCUT2D eigenvalue weighted by Crippen LogP contribution is -1.94. The molecule has 82 valence electrons. The van der Waals surface area contributed by atoms with Crippen molar-refractivity contribution in [2.24, 2.45) is 0 Å². The van der Waals surface area contributed by atoms with Crippen LogP contribution in [0.5, 0.6) is 0 Å². The van der Waals surface area contributed by atoms with Gasteiger partial charge in [-0.05, 0) is 40.5 Å². The summed E-state index contributed by atoms with van der Waals surface area (Å²) >= 11 is 3.31. The van der Waals surface area contributed by atoms with Crippen LogP contribution in [0.15, 0.2) is 35.7 Å². The molecular formula is C13H13NS2. The molecule has 0 bridgehead atoms. The number of thioether (sulfide) groups is 2. The molecule has 1 atom stereocenters. The van der Waals surface area contributed by atoms with Crippen LogP contribution in [0, 0.1) is 11.3 Å². The van der Waals surface area contributed by atoms with Crippen LogP contribution in [0.3, 0.4) is 0 Å². The first-order valence-corrected chi connectivity index (χ1v) is 7.11. The Balaban J connectivity index is 2.35. The lowest BCUT2D eigenvalue weighted by Gasteiger charge is -2.15. The number of benzene rings is 1. The van der Waals surface area contributed by atoms with E-state index in [-0.39, 0.29) is 0 Å². The maximum Gasteiger partial charge on any atom is 0.0991 e. The van der Waals surface area contributed by atoms with Gasteiger partial charge in [-0.1, -0.05) is 18.7 Å². The summed E-state index contributed by atoms with van der Waals surface area (Å²) in [5, 5.41) is 8.01. The molecule has 0 amide bonds. The summed E-state index contributed by atoms with van der Waals surface area (Å²) < 4.78 is 8.59. The highest BCUT2D eigenvalue weighted by Gasteiger charge is 2.18. The van der Waals surface area contributed by atoms with Crippen LogP contribution in [0.1, 0.15) is 24.1 Å². The number of rotatable bonds is 1. The van der Waals surface area contributed by atoms with Crippen molar-refractivity contribution < 1.29 is 1.37 Å². The van der Waals surface area contributed by atoms with Gasteiger partial charge >= 0.3 is 0 Å². The van der Waals surface area contributed by atoms with Gasteiger partial charge in [0.2, 0.25) is 0 Å². The first-order valence-electron chi connectivity index (χ1n) is 5.63. The van der Waals surface area contributed by atoms with Crippen molar-refractivity contribution in [1.82, 2.24) is 0 Å². The Kier molecular flexibility index (Phi) is 3.53. The van der Waals surface area contributed by atoms with Crippen LogP contribution in [0.2, 0.25) is 0 Å².